The van der Waals surface area contributed by atoms with Crippen molar-refractivity contribution >= 4 is 24.0 Å². The number of nitrogens with one attached hydrogen (secondary N) is 2. The second-order valence-electron chi connectivity index (χ2n) is 4.68. The lowest BCUT2D eigenvalue weighted by Gasteiger charge is -2.07. The van der Waals surface area contributed by atoms with Crippen LogP contribution in [0.15, 0.2) is 24.3 Å². The molecule has 0 bridgehead atoms. The van der Waals surface area contributed by atoms with Gasteiger partial charge in [0, 0.05) is 18.7 Å². The van der Waals surface area contributed by atoms with Crippen LogP contribution in [0.25, 0.3) is 0 Å². The molecular formula is C14H21ClN2O. The molecule has 2 rings (SSSR count). The van der Waals surface area contributed by atoms with Gasteiger partial charge in [0.2, 0.25) is 5.91 Å². The minimum Gasteiger partial charge on any atom is -0.326 e. The largest absolute Gasteiger partial charge is 0.326 e. The summed E-state index contributed by atoms with van der Waals surface area (Å²) < 4.78 is 0. The Hall–Kier alpha value is -1.06. The molecule has 0 saturated heterocycles. The molecular weight excluding hydrogens is 248 g/mol. The number of rotatable bonds is 6. The van der Waals surface area contributed by atoms with Crippen molar-refractivity contribution in [1.29, 1.82) is 0 Å². The number of anilines is 1. The average molecular weight is 269 g/mol. The topological polar surface area (TPSA) is 41.1 Å². The lowest BCUT2D eigenvalue weighted by Crippen LogP contribution is -2.14. The van der Waals surface area contributed by atoms with Gasteiger partial charge in [0.15, 0.2) is 0 Å². The zero-order valence-electron chi connectivity index (χ0n) is 10.7. The molecule has 2 N–H and O–H groups in total. The van der Waals surface area contributed by atoms with Crippen LogP contribution < -0.4 is 10.6 Å². The third-order valence-corrected chi connectivity index (χ3v) is 2.96. The van der Waals surface area contributed by atoms with Gasteiger partial charge in [-0.25, -0.2) is 0 Å². The second kappa shape index (κ2) is 7.39. The Morgan fingerprint density at radius 1 is 1.39 bits per heavy atom. The smallest absolute Gasteiger partial charge is 0.224 e. The summed E-state index contributed by atoms with van der Waals surface area (Å²) in [6, 6.07) is 8.03. The Kier molecular flexibility index (Phi) is 6.16. The molecule has 1 saturated carbocycles. The van der Waals surface area contributed by atoms with Crippen molar-refractivity contribution in [2.45, 2.75) is 32.7 Å². The Labute approximate surface area is 115 Å². The van der Waals surface area contributed by atoms with Gasteiger partial charge in [-0.15, -0.1) is 12.4 Å². The summed E-state index contributed by atoms with van der Waals surface area (Å²) in [4.78, 5) is 11.7. The van der Waals surface area contributed by atoms with Gasteiger partial charge in [0.1, 0.15) is 0 Å². The normalized spacial score (nSPS) is 13.8. The molecule has 18 heavy (non-hydrogen) atoms. The average Bonchev–Trinajstić information content (AvgIpc) is 3.10. The minimum atomic E-state index is 0. The number of carbonyl (C=O) groups excluding carboxylic acids is 1. The molecule has 1 aromatic carbocycles. The first kappa shape index (κ1) is 15.0. The summed E-state index contributed by atoms with van der Waals surface area (Å²) in [5, 5.41) is 6.24. The third-order valence-electron chi connectivity index (χ3n) is 2.96. The lowest BCUT2D eigenvalue weighted by molar-refractivity contribution is -0.116. The van der Waals surface area contributed by atoms with E-state index in [9.17, 15) is 4.79 Å². The molecule has 1 fully saturated rings. The predicted molar refractivity (Wildman–Crippen MR) is 77.0 cm³/mol. The Morgan fingerprint density at radius 3 is 2.83 bits per heavy atom. The lowest BCUT2D eigenvalue weighted by atomic mass is 10.2. The van der Waals surface area contributed by atoms with Crippen LogP contribution in [0.3, 0.4) is 0 Å². The van der Waals surface area contributed by atoms with Crippen molar-refractivity contribution in [3.05, 3.63) is 29.8 Å². The summed E-state index contributed by atoms with van der Waals surface area (Å²) in [6.45, 7) is 3.89. The maximum absolute atomic E-state index is 11.7. The first-order chi connectivity index (χ1) is 8.28. The van der Waals surface area contributed by atoms with E-state index in [4.69, 9.17) is 0 Å². The third kappa shape index (κ3) is 5.07. The summed E-state index contributed by atoms with van der Waals surface area (Å²) >= 11 is 0. The van der Waals surface area contributed by atoms with Crippen LogP contribution in [-0.2, 0) is 11.3 Å². The van der Waals surface area contributed by atoms with E-state index in [1.54, 1.807) is 0 Å². The SMILES string of the molecule is CCNCc1cccc(NC(=O)CC2CC2)c1.Cl. The molecule has 1 aliphatic rings. The van der Waals surface area contributed by atoms with E-state index in [2.05, 4.69) is 23.6 Å². The molecule has 0 atom stereocenters. The first-order valence-corrected chi connectivity index (χ1v) is 6.37. The Balaban J connectivity index is 0.00000162. The number of hydrogen-bond donors (Lipinski definition) is 2. The van der Waals surface area contributed by atoms with E-state index in [1.807, 2.05) is 18.2 Å². The zero-order chi connectivity index (χ0) is 12.1. The van der Waals surface area contributed by atoms with Crippen molar-refractivity contribution < 1.29 is 4.79 Å². The van der Waals surface area contributed by atoms with Crippen molar-refractivity contribution in [3.8, 4) is 0 Å². The molecule has 1 amide bonds. The quantitative estimate of drug-likeness (QED) is 0.833. The van der Waals surface area contributed by atoms with E-state index in [0.717, 1.165) is 18.8 Å². The van der Waals surface area contributed by atoms with E-state index >= 15 is 0 Å². The number of halogens is 1. The number of amides is 1. The van der Waals surface area contributed by atoms with Gasteiger partial charge in [0.05, 0.1) is 0 Å². The number of benzene rings is 1. The highest BCUT2D eigenvalue weighted by Crippen LogP contribution is 2.32. The fourth-order valence-corrected chi connectivity index (χ4v) is 1.82. The fourth-order valence-electron chi connectivity index (χ4n) is 1.82. The van der Waals surface area contributed by atoms with Gasteiger partial charge in [-0.2, -0.15) is 0 Å². The highest BCUT2D eigenvalue weighted by atomic mass is 35.5. The summed E-state index contributed by atoms with van der Waals surface area (Å²) in [6.07, 6.45) is 3.11. The maximum atomic E-state index is 11.7. The summed E-state index contributed by atoms with van der Waals surface area (Å²) in [5.74, 6) is 0.785. The van der Waals surface area contributed by atoms with E-state index in [-0.39, 0.29) is 18.3 Å². The maximum Gasteiger partial charge on any atom is 0.224 e. The van der Waals surface area contributed by atoms with Crippen LogP contribution in [-0.4, -0.2) is 12.5 Å². The van der Waals surface area contributed by atoms with Gasteiger partial charge >= 0.3 is 0 Å². The summed E-state index contributed by atoms with van der Waals surface area (Å²) in [7, 11) is 0. The van der Waals surface area contributed by atoms with Gasteiger partial charge in [-0.3, -0.25) is 4.79 Å². The van der Waals surface area contributed by atoms with E-state index in [0.29, 0.717) is 12.3 Å². The first-order valence-electron chi connectivity index (χ1n) is 6.37. The van der Waals surface area contributed by atoms with Crippen LogP contribution in [0, 0.1) is 5.92 Å². The van der Waals surface area contributed by atoms with Crippen molar-refractivity contribution in [2.24, 2.45) is 5.92 Å². The van der Waals surface area contributed by atoms with Gasteiger partial charge in [0.25, 0.3) is 0 Å². The Bertz CT molecular complexity index is 391. The molecule has 0 spiro atoms. The molecule has 0 unspecified atom stereocenters. The van der Waals surface area contributed by atoms with Crippen molar-refractivity contribution in [1.82, 2.24) is 5.32 Å². The Morgan fingerprint density at radius 2 is 2.17 bits per heavy atom. The molecule has 0 radical (unpaired) electrons. The second-order valence-corrected chi connectivity index (χ2v) is 4.68. The van der Waals surface area contributed by atoms with Crippen LogP contribution in [0.4, 0.5) is 5.69 Å². The molecule has 0 aromatic heterocycles. The molecule has 1 aliphatic carbocycles. The van der Waals surface area contributed by atoms with Gasteiger partial charge < -0.3 is 10.6 Å². The molecule has 100 valence electrons. The standard InChI is InChI=1S/C14H20N2O.ClH/c1-2-15-10-12-4-3-5-13(8-12)16-14(17)9-11-6-7-11;/h3-5,8,11,15H,2,6-7,9-10H2,1H3,(H,16,17);1H. The van der Waals surface area contributed by atoms with Crippen LogP contribution in [0.2, 0.25) is 0 Å². The highest BCUT2D eigenvalue weighted by molar-refractivity contribution is 5.91. The zero-order valence-corrected chi connectivity index (χ0v) is 11.6. The molecule has 0 heterocycles. The van der Waals surface area contributed by atoms with Crippen LogP contribution >= 0.6 is 12.4 Å². The monoisotopic (exact) mass is 268 g/mol. The number of carbonyl (C=O) groups is 1. The van der Waals surface area contributed by atoms with Crippen molar-refractivity contribution in [3.63, 3.8) is 0 Å². The molecule has 0 aliphatic heterocycles. The van der Waals surface area contributed by atoms with Crippen LogP contribution in [0.1, 0.15) is 31.7 Å². The van der Waals surface area contributed by atoms with E-state index < -0.39 is 0 Å². The molecule has 3 nitrogen and oxygen atoms in total. The number of hydrogen-bond acceptors (Lipinski definition) is 2. The molecule has 4 heteroatoms. The minimum absolute atomic E-state index is 0. The molecule has 1 aromatic rings. The predicted octanol–water partition coefficient (Wildman–Crippen LogP) is 2.96. The van der Waals surface area contributed by atoms with Gasteiger partial charge in [-0.05, 0) is 43.0 Å². The highest BCUT2D eigenvalue weighted by Gasteiger charge is 2.24. The van der Waals surface area contributed by atoms with Crippen LogP contribution in [0.5, 0.6) is 0 Å². The fraction of sp³-hybridized carbons (Fsp3) is 0.500. The van der Waals surface area contributed by atoms with Gasteiger partial charge in [-0.1, -0.05) is 19.1 Å². The summed E-state index contributed by atoms with van der Waals surface area (Å²) in [5.41, 5.74) is 2.11. The van der Waals surface area contributed by atoms with Crippen molar-refractivity contribution in [2.75, 3.05) is 11.9 Å². The van der Waals surface area contributed by atoms with E-state index in [1.165, 1.54) is 18.4 Å².